The quantitative estimate of drug-likeness (QED) is 0.610. The first kappa shape index (κ1) is 18.0. The van der Waals surface area contributed by atoms with Gasteiger partial charge < -0.3 is 5.73 Å². The van der Waals surface area contributed by atoms with Gasteiger partial charge in [-0.3, -0.25) is 0 Å². The molecule has 1 nitrogen and oxygen atoms in total. The third-order valence-corrected chi connectivity index (χ3v) is 4.19. The van der Waals surface area contributed by atoms with Gasteiger partial charge >= 0.3 is 0 Å². The average Bonchev–Trinajstić information content (AvgIpc) is 2.69. The normalized spacial score (nSPS) is 10.6. The molecule has 0 amide bonds. The van der Waals surface area contributed by atoms with Gasteiger partial charge in [0.1, 0.15) is 0 Å². The fourth-order valence-electron chi connectivity index (χ4n) is 2.60. The van der Waals surface area contributed by atoms with Crippen molar-refractivity contribution in [2.75, 3.05) is 0 Å². The lowest BCUT2D eigenvalue weighted by Crippen LogP contribution is -2.39. The summed E-state index contributed by atoms with van der Waals surface area (Å²) in [7, 11) is 0. The monoisotopic (exact) mass is 317 g/mol. The van der Waals surface area contributed by atoms with Crippen LogP contribution in [-0.4, -0.2) is 0 Å². The van der Waals surface area contributed by atoms with Gasteiger partial charge in [0, 0.05) is 0 Å². The van der Waals surface area contributed by atoms with E-state index in [0.717, 1.165) is 16.7 Å². The highest BCUT2D eigenvalue weighted by molar-refractivity contribution is 5.48. The Labute approximate surface area is 146 Å². The van der Waals surface area contributed by atoms with Gasteiger partial charge in [0.25, 0.3) is 0 Å². The second-order valence-corrected chi connectivity index (χ2v) is 5.91. The minimum absolute atomic E-state index is 0.621. The largest absolute Gasteiger partial charge is 0.314 e. The fraction of sp³-hybridized carbons (Fsp3) is 0.217. The van der Waals surface area contributed by atoms with Gasteiger partial charge in [0.15, 0.2) is 0 Å². The Morgan fingerprint density at radius 1 is 0.542 bits per heavy atom. The van der Waals surface area contributed by atoms with Crippen molar-refractivity contribution >= 4 is 0 Å². The number of benzene rings is 3. The Bertz CT molecular complexity index is 591. The van der Waals surface area contributed by atoms with Crippen molar-refractivity contribution in [1.82, 2.24) is 0 Å². The summed E-state index contributed by atoms with van der Waals surface area (Å²) in [6, 6.07) is 30.7. The summed E-state index contributed by atoms with van der Waals surface area (Å²) in [4.78, 5) is 0. The summed E-state index contributed by atoms with van der Waals surface area (Å²) in [6.07, 6.45) is 2.64. The highest BCUT2D eigenvalue weighted by Gasteiger charge is 2.31. The molecule has 0 atom stereocenters. The first-order chi connectivity index (χ1) is 11.7. The van der Waals surface area contributed by atoms with Gasteiger partial charge in [-0.2, -0.15) is 0 Å². The molecule has 3 aromatic carbocycles. The van der Waals surface area contributed by atoms with Crippen LogP contribution in [0.15, 0.2) is 91.0 Å². The zero-order chi connectivity index (χ0) is 17.3. The van der Waals surface area contributed by atoms with Crippen molar-refractivity contribution < 1.29 is 0 Å². The van der Waals surface area contributed by atoms with E-state index < -0.39 is 5.54 Å². The maximum atomic E-state index is 6.86. The Morgan fingerprint density at radius 3 is 1.00 bits per heavy atom. The predicted octanol–water partition coefficient (Wildman–Crippen LogP) is 5.74. The molecule has 0 aliphatic heterocycles. The minimum Gasteiger partial charge on any atom is -0.314 e. The van der Waals surface area contributed by atoms with Gasteiger partial charge in [-0.1, -0.05) is 118 Å². The molecule has 0 aliphatic rings. The van der Waals surface area contributed by atoms with Crippen LogP contribution in [0.5, 0.6) is 0 Å². The summed E-state index contributed by atoms with van der Waals surface area (Å²) in [5, 5.41) is 0. The van der Waals surface area contributed by atoms with Crippen LogP contribution in [-0.2, 0) is 5.54 Å². The van der Waals surface area contributed by atoms with Gasteiger partial charge in [-0.05, 0) is 16.7 Å². The molecular weight excluding hydrogens is 290 g/mol. The predicted molar refractivity (Wildman–Crippen MR) is 104 cm³/mol. The molecular formula is C23H27N. The average molecular weight is 317 g/mol. The van der Waals surface area contributed by atoms with E-state index in [2.05, 4.69) is 50.2 Å². The van der Waals surface area contributed by atoms with E-state index in [4.69, 9.17) is 5.73 Å². The molecule has 3 aromatic rings. The fourth-order valence-corrected chi connectivity index (χ4v) is 2.60. The lowest BCUT2D eigenvalue weighted by atomic mass is 9.78. The Balaban J connectivity index is 0.000000471. The Morgan fingerprint density at radius 2 is 0.792 bits per heavy atom. The Kier molecular flexibility index (Phi) is 6.77. The second-order valence-electron chi connectivity index (χ2n) is 5.91. The van der Waals surface area contributed by atoms with Crippen LogP contribution in [0, 0.1) is 0 Å². The van der Waals surface area contributed by atoms with Crippen molar-refractivity contribution in [2.24, 2.45) is 5.73 Å². The maximum absolute atomic E-state index is 6.86. The molecule has 0 unspecified atom stereocenters. The molecule has 0 radical (unpaired) electrons. The van der Waals surface area contributed by atoms with Crippen molar-refractivity contribution in [3.63, 3.8) is 0 Å². The molecule has 1 heteroatoms. The summed E-state index contributed by atoms with van der Waals surface area (Å²) in [6.45, 7) is 4.36. The van der Waals surface area contributed by atoms with E-state index in [1.165, 1.54) is 12.8 Å². The van der Waals surface area contributed by atoms with Crippen LogP contribution >= 0.6 is 0 Å². The van der Waals surface area contributed by atoms with Crippen LogP contribution in [0.3, 0.4) is 0 Å². The number of hydrogen-bond acceptors (Lipinski definition) is 1. The summed E-state index contributed by atoms with van der Waals surface area (Å²) in [5.41, 5.74) is 9.53. The standard InChI is InChI=1S/C19H17N.C4H10/c20-19(16-10-4-1-5-11-16,17-12-6-2-7-13-17)18-14-8-3-9-15-18;1-3-4-2/h1-15H,20H2;3-4H2,1-2H3. The lowest BCUT2D eigenvalue weighted by molar-refractivity contribution is 0.653. The molecule has 0 aromatic heterocycles. The van der Waals surface area contributed by atoms with E-state index in [1.54, 1.807) is 0 Å². The van der Waals surface area contributed by atoms with E-state index in [-0.39, 0.29) is 0 Å². The van der Waals surface area contributed by atoms with Crippen LogP contribution in [0.4, 0.5) is 0 Å². The molecule has 24 heavy (non-hydrogen) atoms. The zero-order valence-electron chi connectivity index (χ0n) is 14.7. The van der Waals surface area contributed by atoms with Crippen molar-refractivity contribution in [1.29, 1.82) is 0 Å². The topological polar surface area (TPSA) is 26.0 Å². The first-order valence-corrected chi connectivity index (χ1v) is 8.68. The SMILES string of the molecule is CCCC.NC(c1ccccc1)(c1ccccc1)c1ccccc1. The first-order valence-electron chi connectivity index (χ1n) is 8.68. The molecule has 0 spiro atoms. The van der Waals surface area contributed by atoms with E-state index in [9.17, 15) is 0 Å². The molecule has 124 valence electrons. The summed E-state index contributed by atoms with van der Waals surface area (Å²) in [5.74, 6) is 0. The van der Waals surface area contributed by atoms with Crippen molar-refractivity contribution in [3.05, 3.63) is 108 Å². The van der Waals surface area contributed by atoms with E-state index in [1.807, 2.05) is 54.6 Å². The molecule has 0 aliphatic carbocycles. The molecule has 0 saturated carbocycles. The van der Waals surface area contributed by atoms with Gasteiger partial charge in [-0.15, -0.1) is 0 Å². The molecule has 0 bridgehead atoms. The van der Waals surface area contributed by atoms with Crippen LogP contribution in [0.25, 0.3) is 0 Å². The summed E-state index contributed by atoms with van der Waals surface area (Å²) < 4.78 is 0. The smallest absolute Gasteiger partial charge is 0.0922 e. The molecule has 0 heterocycles. The van der Waals surface area contributed by atoms with Gasteiger partial charge in [0.05, 0.1) is 5.54 Å². The zero-order valence-corrected chi connectivity index (χ0v) is 14.7. The number of hydrogen-bond donors (Lipinski definition) is 1. The van der Waals surface area contributed by atoms with Crippen LogP contribution in [0.2, 0.25) is 0 Å². The highest BCUT2D eigenvalue weighted by Crippen LogP contribution is 2.33. The second kappa shape index (κ2) is 9.05. The lowest BCUT2D eigenvalue weighted by Gasteiger charge is -2.31. The molecule has 0 saturated heterocycles. The van der Waals surface area contributed by atoms with Crippen LogP contribution in [0.1, 0.15) is 43.4 Å². The third kappa shape index (κ3) is 4.12. The van der Waals surface area contributed by atoms with E-state index in [0.29, 0.717) is 0 Å². The summed E-state index contributed by atoms with van der Waals surface area (Å²) >= 11 is 0. The van der Waals surface area contributed by atoms with Gasteiger partial charge in [-0.25, -0.2) is 0 Å². The highest BCUT2D eigenvalue weighted by atomic mass is 14.7. The maximum Gasteiger partial charge on any atom is 0.0922 e. The van der Waals surface area contributed by atoms with Gasteiger partial charge in [0.2, 0.25) is 0 Å². The number of unbranched alkanes of at least 4 members (excludes halogenated alkanes) is 1. The molecule has 2 N–H and O–H groups in total. The molecule has 3 rings (SSSR count). The van der Waals surface area contributed by atoms with E-state index >= 15 is 0 Å². The molecule has 0 fully saturated rings. The van der Waals surface area contributed by atoms with Crippen LogP contribution < -0.4 is 5.73 Å². The minimum atomic E-state index is -0.621. The third-order valence-electron chi connectivity index (χ3n) is 4.19. The van der Waals surface area contributed by atoms with Crippen molar-refractivity contribution in [3.8, 4) is 0 Å². The Hall–Kier alpha value is -2.38. The van der Waals surface area contributed by atoms with Crippen molar-refractivity contribution in [2.45, 2.75) is 32.2 Å². The number of nitrogens with two attached hydrogens (primary N) is 1. The number of rotatable bonds is 4.